The van der Waals surface area contributed by atoms with Crippen LogP contribution in [0.2, 0.25) is 10.0 Å². The highest BCUT2D eigenvalue weighted by Crippen LogP contribution is 2.34. The number of benzene rings is 2. The summed E-state index contributed by atoms with van der Waals surface area (Å²) in [5, 5.41) is 3.35. The molecule has 0 fully saturated rings. The number of anilines is 1. The van der Waals surface area contributed by atoms with Crippen molar-refractivity contribution < 1.29 is 19.0 Å². The molecule has 0 atom stereocenters. The van der Waals surface area contributed by atoms with E-state index in [0.717, 1.165) is 0 Å². The maximum Gasteiger partial charge on any atom is 0.262 e. The zero-order valence-electron chi connectivity index (χ0n) is 11.3. The Morgan fingerprint density at radius 2 is 2.00 bits per heavy atom. The number of hydrogen-bond acceptors (Lipinski definition) is 4. The Hall–Kier alpha value is -2.11. The van der Waals surface area contributed by atoms with Crippen molar-refractivity contribution in [3.63, 3.8) is 0 Å². The Bertz CT molecular complexity index is 721. The van der Waals surface area contributed by atoms with Gasteiger partial charge in [0.1, 0.15) is 10.8 Å². The fourth-order valence-electron chi connectivity index (χ4n) is 1.91. The van der Waals surface area contributed by atoms with Crippen LogP contribution in [0.15, 0.2) is 36.4 Å². The summed E-state index contributed by atoms with van der Waals surface area (Å²) in [6, 6.07) is 10.1. The third kappa shape index (κ3) is 3.21. The van der Waals surface area contributed by atoms with Crippen molar-refractivity contribution in [3.05, 3.63) is 46.4 Å². The molecule has 0 aromatic heterocycles. The summed E-state index contributed by atoms with van der Waals surface area (Å²) in [6.07, 6.45) is 0. The standard InChI is InChI=1S/C15H11Cl2NO4/c16-10-2-1-3-12(15(10)17)20-7-14(19)18-9-4-5-11-13(6-9)22-8-21-11/h1-6H,7-8H2,(H,18,19). The van der Waals surface area contributed by atoms with Crippen LogP contribution in [0.5, 0.6) is 17.2 Å². The molecule has 0 radical (unpaired) electrons. The number of hydrogen-bond donors (Lipinski definition) is 1. The van der Waals surface area contributed by atoms with Gasteiger partial charge in [-0.3, -0.25) is 4.79 Å². The lowest BCUT2D eigenvalue weighted by Crippen LogP contribution is -2.20. The van der Waals surface area contributed by atoms with Crippen LogP contribution in [-0.2, 0) is 4.79 Å². The first-order chi connectivity index (χ1) is 10.6. The highest BCUT2D eigenvalue weighted by atomic mass is 35.5. The molecule has 7 heteroatoms. The Kier molecular flexibility index (Phi) is 4.27. The van der Waals surface area contributed by atoms with Gasteiger partial charge in [-0.1, -0.05) is 29.3 Å². The van der Waals surface area contributed by atoms with Crippen molar-refractivity contribution in [2.75, 3.05) is 18.7 Å². The average Bonchev–Trinajstić information content (AvgIpc) is 2.96. The molecule has 0 aliphatic carbocycles. The van der Waals surface area contributed by atoms with Crippen LogP contribution in [0, 0.1) is 0 Å². The Morgan fingerprint density at radius 1 is 1.18 bits per heavy atom. The zero-order chi connectivity index (χ0) is 15.5. The topological polar surface area (TPSA) is 56.8 Å². The predicted octanol–water partition coefficient (Wildman–Crippen LogP) is 3.74. The number of carbonyl (C=O) groups is 1. The van der Waals surface area contributed by atoms with Gasteiger partial charge >= 0.3 is 0 Å². The number of amides is 1. The molecule has 2 aromatic carbocycles. The molecular weight excluding hydrogens is 329 g/mol. The van der Waals surface area contributed by atoms with Crippen LogP contribution in [0.25, 0.3) is 0 Å². The van der Waals surface area contributed by atoms with Crippen molar-refractivity contribution >= 4 is 34.8 Å². The summed E-state index contributed by atoms with van der Waals surface area (Å²) >= 11 is 11.9. The second kappa shape index (κ2) is 6.34. The van der Waals surface area contributed by atoms with Crippen molar-refractivity contribution in [1.82, 2.24) is 0 Å². The molecule has 0 saturated carbocycles. The summed E-state index contributed by atoms with van der Waals surface area (Å²) in [4.78, 5) is 11.9. The molecule has 2 aromatic rings. The van der Waals surface area contributed by atoms with Gasteiger partial charge in [-0.05, 0) is 24.3 Å². The molecule has 1 N–H and O–H groups in total. The van der Waals surface area contributed by atoms with Gasteiger partial charge in [0.05, 0.1) is 5.02 Å². The number of halogens is 2. The fourth-order valence-corrected chi connectivity index (χ4v) is 2.26. The molecule has 0 unspecified atom stereocenters. The molecule has 0 spiro atoms. The van der Waals surface area contributed by atoms with E-state index in [1.807, 2.05) is 0 Å². The fraction of sp³-hybridized carbons (Fsp3) is 0.133. The van der Waals surface area contributed by atoms with Gasteiger partial charge < -0.3 is 19.5 Å². The first-order valence-corrected chi connectivity index (χ1v) is 7.15. The Labute approximate surface area is 136 Å². The Morgan fingerprint density at radius 3 is 2.86 bits per heavy atom. The number of fused-ring (bicyclic) bond motifs is 1. The number of carbonyl (C=O) groups excluding carboxylic acids is 1. The van der Waals surface area contributed by atoms with E-state index < -0.39 is 0 Å². The minimum atomic E-state index is -0.324. The smallest absolute Gasteiger partial charge is 0.262 e. The third-order valence-corrected chi connectivity index (χ3v) is 3.73. The first kappa shape index (κ1) is 14.8. The molecule has 1 aliphatic heterocycles. The van der Waals surface area contributed by atoms with Crippen LogP contribution < -0.4 is 19.5 Å². The van der Waals surface area contributed by atoms with Gasteiger partial charge in [-0.2, -0.15) is 0 Å². The largest absolute Gasteiger partial charge is 0.482 e. The molecule has 3 rings (SSSR count). The minimum Gasteiger partial charge on any atom is -0.482 e. The highest BCUT2D eigenvalue weighted by molar-refractivity contribution is 6.42. The minimum absolute atomic E-state index is 0.184. The quantitative estimate of drug-likeness (QED) is 0.921. The molecule has 1 aliphatic rings. The van der Waals surface area contributed by atoms with E-state index in [4.69, 9.17) is 37.4 Å². The molecular formula is C15H11Cl2NO4. The lowest BCUT2D eigenvalue weighted by Gasteiger charge is -2.09. The molecule has 1 amide bonds. The zero-order valence-corrected chi connectivity index (χ0v) is 12.8. The van der Waals surface area contributed by atoms with Gasteiger partial charge in [0.15, 0.2) is 18.1 Å². The van der Waals surface area contributed by atoms with Gasteiger partial charge in [0.2, 0.25) is 6.79 Å². The van der Waals surface area contributed by atoms with Crippen LogP contribution >= 0.6 is 23.2 Å². The molecule has 0 bridgehead atoms. The van der Waals surface area contributed by atoms with Crippen molar-refractivity contribution in [1.29, 1.82) is 0 Å². The van der Waals surface area contributed by atoms with E-state index in [1.54, 1.807) is 36.4 Å². The first-order valence-electron chi connectivity index (χ1n) is 6.40. The van der Waals surface area contributed by atoms with Gasteiger partial charge in [0, 0.05) is 11.8 Å². The van der Waals surface area contributed by atoms with E-state index in [2.05, 4.69) is 5.32 Å². The van der Waals surface area contributed by atoms with Gasteiger partial charge in [-0.25, -0.2) is 0 Å². The van der Waals surface area contributed by atoms with Crippen LogP contribution in [0.1, 0.15) is 0 Å². The summed E-state index contributed by atoms with van der Waals surface area (Å²) < 4.78 is 15.8. The Balaban J connectivity index is 1.60. The highest BCUT2D eigenvalue weighted by Gasteiger charge is 2.14. The summed E-state index contributed by atoms with van der Waals surface area (Å²) in [5.74, 6) is 1.28. The normalized spacial score (nSPS) is 12.1. The van der Waals surface area contributed by atoms with Gasteiger partial charge in [0.25, 0.3) is 5.91 Å². The van der Waals surface area contributed by atoms with E-state index in [0.29, 0.717) is 28.0 Å². The van der Waals surface area contributed by atoms with E-state index in [-0.39, 0.29) is 24.3 Å². The third-order valence-electron chi connectivity index (χ3n) is 2.93. The van der Waals surface area contributed by atoms with Crippen molar-refractivity contribution in [3.8, 4) is 17.2 Å². The van der Waals surface area contributed by atoms with Crippen molar-refractivity contribution in [2.45, 2.75) is 0 Å². The lowest BCUT2D eigenvalue weighted by molar-refractivity contribution is -0.118. The SMILES string of the molecule is O=C(COc1cccc(Cl)c1Cl)Nc1ccc2c(c1)OCO2. The monoisotopic (exact) mass is 339 g/mol. The predicted molar refractivity (Wildman–Crippen MR) is 83.2 cm³/mol. The molecule has 0 saturated heterocycles. The second-order valence-electron chi connectivity index (χ2n) is 4.46. The van der Waals surface area contributed by atoms with E-state index in [9.17, 15) is 4.79 Å². The van der Waals surface area contributed by atoms with E-state index in [1.165, 1.54) is 0 Å². The van der Waals surface area contributed by atoms with Crippen molar-refractivity contribution in [2.24, 2.45) is 0 Å². The number of rotatable bonds is 4. The number of nitrogens with one attached hydrogen (secondary N) is 1. The maximum atomic E-state index is 11.9. The molecule has 1 heterocycles. The van der Waals surface area contributed by atoms with Crippen LogP contribution in [-0.4, -0.2) is 19.3 Å². The maximum absolute atomic E-state index is 11.9. The molecule has 22 heavy (non-hydrogen) atoms. The summed E-state index contributed by atoms with van der Waals surface area (Å²) in [6.45, 7) is -0.00237. The number of ether oxygens (including phenoxy) is 3. The summed E-state index contributed by atoms with van der Waals surface area (Å²) in [5.41, 5.74) is 0.593. The van der Waals surface area contributed by atoms with Gasteiger partial charge in [-0.15, -0.1) is 0 Å². The molecule has 5 nitrogen and oxygen atoms in total. The lowest BCUT2D eigenvalue weighted by atomic mass is 10.3. The van der Waals surface area contributed by atoms with Crippen LogP contribution in [0.4, 0.5) is 5.69 Å². The summed E-state index contributed by atoms with van der Waals surface area (Å²) in [7, 11) is 0. The average molecular weight is 340 g/mol. The molecule has 114 valence electrons. The second-order valence-corrected chi connectivity index (χ2v) is 5.24. The van der Waals surface area contributed by atoms with Crippen LogP contribution in [0.3, 0.4) is 0 Å². The van der Waals surface area contributed by atoms with E-state index >= 15 is 0 Å².